The third-order valence-corrected chi connectivity index (χ3v) is 4.20. The van der Waals surface area contributed by atoms with E-state index in [9.17, 15) is 19.2 Å². The van der Waals surface area contributed by atoms with Crippen LogP contribution in [-0.4, -0.2) is 61.9 Å². The first-order valence-electron chi connectivity index (χ1n) is 9.93. The van der Waals surface area contributed by atoms with E-state index < -0.39 is 5.97 Å². The van der Waals surface area contributed by atoms with Crippen molar-refractivity contribution in [3.05, 3.63) is 35.4 Å². The second-order valence-electron chi connectivity index (χ2n) is 6.56. The van der Waals surface area contributed by atoms with E-state index in [1.165, 1.54) is 19.2 Å². The third-order valence-electron chi connectivity index (χ3n) is 4.20. The second kappa shape index (κ2) is 13.3. The summed E-state index contributed by atoms with van der Waals surface area (Å²) in [5.41, 5.74) is 0.770. The molecular formula is C21H31N3O5. The molecule has 1 rings (SSSR count). The van der Waals surface area contributed by atoms with Gasteiger partial charge in [-0.2, -0.15) is 0 Å². The number of carbonyl (C=O) groups excluding carboxylic acids is 4. The van der Waals surface area contributed by atoms with Gasteiger partial charge >= 0.3 is 5.97 Å². The predicted molar refractivity (Wildman–Crippen MR) is 110 cm³/mol. The van der Waals surface area contributed by atoms with Gasteiger partial charge < -0.3 is 20.3 Å². The highest BCUT2D eigenvalue weighted by molar-refractivity contribution is 5.96. The van der Waals surface area contributed by atoms with Crippen molar-refractivity contribution in [3.8, 4) is 0 Å². The number of hydrogen-bond donors (Lipinski definition) is 2. The van der Waals surface area contributed by atoms with Crippen molar-refractivity contribution in [2.24, 2.45) is 0 Å². The first-order chi connectivity index (χ1) is 13.9. The summed E-state index contributed by atoms with van der Waals surface area (Å²) in [6.07, 6.45) is 2.39. The minimum absolute atomic E-state index is 0.0569. The van der Waals surface area contributed by atoms with Gasteiger partial charge in [0.05, 0.1) is 12.7 Å². The topological polar surface area (TPSA) is 105 Å². The molecular weight excluding hydrogens is 374 g/mol. The highest BCUT2D eigenvalue weighted by Crippen LogP contribution is 2.09. The molecule has 0 fully saturated rings. The largest absolute Gasteiger partial charge is 0.465 e. The molecule has 0 aliphatic carbocycles. The zero-order chi connectivity index (χ0) is 21.6. The van der Waals surface area contributed by atoms with Crippen molar-refractivity contribution >= 4 is 23.7 Å². The molecule has 3 amide bonds. The minimum atomic E-state index is -0.474. The van der Waals surface area contributed by atoms with Gasteiger partial charge in [0.25, 0.3) is 5.91 Å². The lowest BCUT2D eigenvalue weighted by atomic mass is 10.1. The van der Waals surface area contributed by atoms with Gasteiger partial charge in [-0.1, -0.05) is 13.8 Å². The zero-order valence-corrected chi connectivity index (χ0v) is 17.5. The van der Waals surface area contributed by atoms with Crippen molar-refractivity contribution in [2.75, 3.05) is 33.3 Å². The molecule has 0 heterocycles. The number of esters is 1. The minimum Gasteiger partial charge on any atom is -0.465 e. The van der Waals surface area contributed by atoms with E-state index in [4.69, 9.17) is 0 Å². The summed E-state index contributed by atoms with van der Waals surface area (Å²) in [6.45, 7) is 5.13. The Morgan fingerprint density at radius 2 is 1.28 bits per heavy atom. The van der Waals surface area contributed by atoms with Crippen molar-refractivity contribution in [1.29, 1.82) is 0 Å². The highest BCUT2D eigenvalue weighted by Gasteiger charge is 2.17. The van der Waals surface area contributed by atoms with E-state index in [0.29, 0.717) is 50.1 Å². The number of benzene rings is 1. The fourth-order valence-corrected chi connectivity index (χ4v) is 2.66. The smallest absolute Gasteiger partial charge is 0.337 e. The van der Waals surface area contributed by atoms with Crippen molar-refractivity contribution in [2.45, 2.75) is 39.5 Å². The molecule has 1 aromatic rings. The van der Waals surface area contributed by atoms with Gasteiger partial charge in [0.2, 0.25) is 11.8 Å². The van der Waals surface area contributed by atoms with Crippen LogP contribution in [-0.2, 0) is 14.3 Å². The summed E-state index contributed by atoms with van der Waals surface area (Å²) in [7, 11) is 1.29. The summed E-state index contributed by atoms with van der Waals surface area (Å²) < 4.78 is 4.66. The van der Waals surface area contributed by atoms with Crippen molar-refractivity contribution < 1.29 is 23.9 Å². The quantitative estimate of drug-likeness (QED) is 0.516. The summed E-state index contributed by atoms with van der Waals surface area (Å²) in [4.78, 5) is 49.3. The maximum absolute atomic E-state index is 12.9. The SMILES string of the molecule is CCCC(=O)NCCN(CCNC(=O)CCC)C(=O)c1ccc(C(=O)OC)cc1. The molecule has 160 valence electrons. The van der Waals surface area contributed by atoms with E-state index in [1.54, 1.807) is 17.0 Å². The number of methoxy groups -OCH3 is 1. The average molecular weight is 405 g/mol. The van der Waals surface area contributed by atoms with Crippen LogP contribution in [0.5, 0.6) is 0 Å². The van der Waals surface area contributed by atoms with Gasteiger partial charge in [-0.15, -0.1) is 0 Å². The van der Waals surface area contributed by atoms with Gasteiger partial charge in [0, 0.05) is 44.6 Å². The molecule has 0 bridgehead atoms. The fraction of sp³-hybridized carbons (Fsp3) is 0.524. The summed E-state index contributed by atoms with van der Waals surface area (Å²) in [6, 6.07) is 6.19. The monoisotopic (exact) mass is 405 g/mol. The first-order valence-corrected chi connectivity index (χ1v) is 9.93. The predicted octanol–water partition coefficient (Wildman–Crippen LogP) is 1.75. The van der Waals surface area contributed by atoms with E-state index in [1.807, 2.05) is 13.8 Å². The van der Waals surface area contributed by atoms with Gasteiger partial charge in [-0.05, 0) is 37.1 Å². The van der Waals surface area contributed by atoms with Gasteiger partial charge in [-0.25, -0.2) is 4.79 Å². The lowest BCUT2D eigenvalue weighted by Crippen LogP contribution is -2.42. The molecule has 1 aromatic carbocycles. The molecule has 29 heavy (non-hydrogen) atoms. The Balaban J connectivity index is 2.76. The summed E-state index contributed by atoms with van der Waals surface area (Å²) >= 11 is 0. The molecule has 8 heteroatoms. The van der Waals surface area contributed by atoms with E-state index >= 15 is 0 Å². The Hall–Kier alpha value is -2.90. The van der Waals surface area contributed by atoms with Crippen LogP contribution < -0.4 is 10.6 Å². The van der Waals surface area contributed by atoms with Crippen LogP contribution in [0.1, 0.15) is 60.2 Å². The zero-order valence-electron chi connectivity index (χ0n) is 17.5. The number of ether oxygens (including phenoxy) is 1. The Labute approximate surface area is 172 Å². The normalized spacial score (nSPS) is 10.2. The fourth-order valence-electron chi connectivity index (χ4n) is 2.66. The standard InChI is InChI=1S/C21H31N3O5/c1-4-6-18(25)22-12-14-24(15-13-23-19(26)7-5-2)20(27)16-8-10-17(11-9-16)21(28)29-3/h8-11H,4-7,12-15H2,1-3H3,(H,22,25)(H,23,26). The van der Waals surface area contributed by atoms with Crippen LogP contribution in [0.2, 0.25) is 0 Å². The molecule has 0 aromatic heterocycles. The molecule has 2 N–H and O–H groups in total. The Morgan fingerprint density at radius 3 is 1.69 bits per heavy atom. The van der Waals surface area contributed by atoms with E-state index in [2.05, 4.69) is 15.4 Å². The Morgan fingerprint density at radius 1 is 0.828 bits per heavy atom. The van der Waals surface area contributed by atoms with Crippen LogP contribution in [0.25, 0.3) is 0 Å². The molecule has 0 spiro atoms. The summed E-state index contributed by atoms with van der Waals surface area (Å²) in [5, 5.41) is 5.58. The number of amides is 3. The second-order valence-corrected chi connectivity index (χ2v) is 6.56. The number of carbonyl (C=O) groups is 4. The first kappa shape index (κ1) is 24.1. The Bertz CT molecular complexity index is 664. The molecule has 0 saturated carbocycles. The number of hydrogen-bond acceptors (Lipinski definition) is 5. The van der Waals surface area contributed by atoms with Crippen LogP contribution in [0, 0.1) is 0 Å². The van der Waals surface area contributed by atoms with Crippen LogP contribution >= 0.6 is 0 Å². The van der Waals surface area contributed by atoms with Gasteiger partial charge in [0.1, 0.15) is 0 Å². The van der Waals surface area contributed by atoms with Gasteiger partial charge in [-0.3, -0.25) is 14.4 Å². The number of rotatable bonds is 12. The number of nitrogens with zero attached hydrogens (tertiary/aromatic N) is 1. The molecule has 0 radical (unpaired) electrons. The molecule has 0 saturated heterocycles. The maximum atomic E-state index is 12.9. The molecule has 8 nitrogen and oxygen atoms in total. The van der Waals surface area contributed by atoms with Crippen molar-refractivity contribution in [1.82, 2.24) is 15.5 Å². The van der Waals surface area contributed by atoms with Crippen LogP contribution in [0.3, 0.4) is 0 Å². The molecule has 0 aliphatic rings. The average Bonchev–Trinajstić information content (AvgIpc) is 2.72. The lowest BCUT2D eigenvalue weighted by molar-refractivity contribution is -0.121. The molecule has 0 unspecified atom stereocenters. The molecule has 0 atom stereocenters. The van der Waals surface area contributed by atoms with Crippen LogP contribution in [0.15, 0.2) is 24.3 Å². The molecule has 0 aliphatic heterocycles. The maximum Gasteiger partial charge on any atom is 0.337 e. The third kappa shape index (κ3) is 8.76. The van der Waals surface area contributed by atoms with Gasteiger partial charge in [0.15, 0.2) is 0 Å². The summed E-state index contributed by atoms with van der Waals surface area (Å²) in [5.74, 6) is -0.828. The van der Waals surface area contributed by atoms with E-state index in [-0.39, 0.29) is 17.7 Å². The van der Waals surface area contributed by atoms with Crippen molar-refractivity contribution in [3.63, 3.8) is 0 Å². The highest BCUT2D eigenvalue weighted by atomic mass is 16.5. The van der Waals surface area contributed by atoms with E-state index in [0.717, 1.165) is 12.8 Å². The lowest BCUT2D eigenvalue weighted by Gasteiger charge is -2.23. The number of nitrogens with one attached hydrogen (secondary N) is 2. The van der Waals surface area contributed by atoms with Crippen LogP contribution in [0.4, 0.5) is 0 Å². The Kier molecular flexibility index (Phi) is 11.1.